The Morgan fingerprint density at radius 2 is 1.38 bits per heavy atom. The highest BCUT2D eigenvalue weighted by Gasteiger charge is 2.47. The molecule has 42 heavy (non-hydrogen) atoms. The van der Waals surface area contributed by atoms with E-state index in [9.17, 15) is 5.11 Å². The highest BCUT2D eigenvalue weighted by molar-refractivity contribution is 6.13. The third-order valence-electron chi connectivity index (χ3n) is 9.82. The van der Waals surface area contributed by atoms with Crippen molar-refractivity contribution < 1.29 is 9.52 Å². The van der Waals surface area contributed by atoms with Gasteiger partial charge >= 0.3 is 0 Å². The highest BCUT2D eigenvalue weighted by Crippen LogP contribution is 2.55. The summed E-state index contributed by atoms with van der Waals surface area (Å²) >= 11 is 0. The smallest absolute Gasteiger partial charge is 0.145 e. The molecule has 3 heterocycles. The number of hydrogen-bond donors (Lipinski definition) is 1. The zero-order valence-electron chi connectivity index (χ0n) is 24.4. The molecule has 0 radical (unpaired) electrons. The molecule has 3 aromatic heterocycles. The Morgan fingerprint density at radius 3 is 2.19 bits per heavy atom. The van der Waals surface area contributed by atoms with Crippen LogP contribution in [0.25, 0.3) is 66.7 Å². The first-order chi connectivity index (χ1) is 20.2. The summed E-state index contributed by atoms with van der Waals surface area (Å²) in [5, 5.41) is 15.2. The van der Waals surface area contributed by atoms with Crippen LogP contribution in [-0.2, 0) is 17.9 Å². The van der Waals surface area contributed by atoms with Crippen LogP contribution >= 0.6 is 0 Å². The van der Waals surface area contributed by atoms with Gasteiger partial charge in [0.2, 0.25) is 0 Å². The molecule has 0 bridgehead atoms. The summed E-state index contributed by atoms with van der Waals surface area (Å²) in [5.41, 5.74) is 8.25. The van der Waals surface area contributed by atoms with E-state index in [0.717, 1.165) is 38.8 Å². The molecule has 5 nitrogen and oxygen atoms in total. The number of imidazole rings is 1. The summed E-state index contributed by atoms with van der Waals surface area (Å²) < 4.78 is 8.10. The second-order valence-corrected chi connectivity index (χ2v) is 12.5. The molecule has 0 unspecified atom stereocenters. The van der Waals surface area contributed by atoms with Gasteiger partial charge in [0.1, 0.15) is 28.4 Å². The van der Waals surface area contributed by atoms with Crippen LogP contribution in [0.4, 0.5) is 0 Å². The number of aryl methyl sites for hydroxylation is 1. The molecule has 0 atom stereocenters. The molecular formula is C37H31N3O2. The van der Waals surface area contributed by atoms with Gasteiger partial charge in [-0.05, 0) is 40.1 Å². The van der Waals surface area contributed by atoms with E-state index >= 15 is 0 Å². The molecule has 0 saturated carbocycles. The fourth-order valence-electron chi connectivity index (χ4n) is 7.01. The summed E-state index contributed by atoms with van der Waals surface area (Å²) in [4.78, 5) is 10.6. The Hall–Kier alpha value is -4.90. The maximum atomic E-state index is 11.2. The lowest BCUT2D eigenvalue weighted by Gasteiger charge is -2.48. The number of aromatic nitrogens is 3. The van der Waals surface area contributed by atoms with Crippen LogP contribution in [0, 0.1) is 0 Å². The Morgan fingerprint density at radius 1 is 0.690 bits per heavy atom. The summed E-state index contributed by atoms with van der Waals surface area (Å²) in [6.45, 7) is 9.37. The predicted molar refractivity (Wildman–Crippen MR) is 170 cm³/mol. The van der Waals surface area contributed by atoms with E-state index in [0.29, 0.717) is 17.0 Å². The van der Waals surface area contributed by atoms with E-state index in [1.54, 1.807) is 6.07 Å². The number of benzene rings is 4. The van der Waals surface area contributed by atoms with Crippen molar-refractivity contribution >= 4 is 32.7 Å². The van der Waals surface area contributed by atoms with Crippen LogP contribution in [0.1, 0.15) is 38.8 Å². The fraction of sp³-hybridized carbons (Fsp3) is 0.189. The average molecular weight is 550 g/mol. The Balaban J connectivity index is 1.42. The molecule has 0 amide bonds. The molecule has 8 rings (SSSR count). The molecule has 1 aliphatic rings. The van der Waals surface area contributed by atoms with Crippen molar-refractivity contribution in [2.45, 2.75) is 38.5 Å². The molecule has 1 N–H and O–H groups in total. The maximum Gasteiger partial charge on any atom is 0.145 e. The number of nitrogens with zero attached hydrogens (tertiary/aromatic N) is 3. The zero-order valence-corrected chi connectivity index (χ0v) is 24.4. The molecule has 1 aliphatic carbocycles. The summed E-state index contributed by atoms with van der Waals surface area (Å²) in [6, 6.07) is 28.6. The molecule has 5 heteroatoms. The number of phenolic OH excluding ortho intramolecular Hbond substituents is 1. The Kier molecular flexibility index (Phi) is 4.93. The minimum atomic E-state index is -0.166. The molecule has 0 fully saturated rings. The van der Waals surface area contributed by atoms with Crippen molar-refractivity contribution in [2.24, 2.45) is 7.05 Å². The average Bonchev–Trinajstić information content (AvgIpc) is 3.56. The second kappa shape index (κ2) is 8.32. The van der Waals surface area contributed by atoms with Crippen LogP contribution in [0.5, 0.6) is 5.75 Å². The summed E-state index contributed by atoms with van der Waals surface area (Å²) in [5.74, 6) is 0.820. The van der Waals surface area contributed by atoms with Crippen LogP contribution in [0.15, 0.2) is 95.5 Å². The van der Waals surface area contributed by atoms with E-state index in [1.807, 2.05) is 48.1 Å². The van der Waals surface area contributed by atoms with Crippen molar-refractivity contribution in [2.75, 3.05) is 0 Å². The number of pyridine rings is 1. The first kappa shape index (κ1) is 24.9. The fourth-order valence-corrected chi connectivity index (χ4v) is 7.01. The molecule has 0 aliphatic heterocycles. The number of para-hydroxylation sites is 1. The normalized spacial score (nSPS) is 15.3. The van der Waals surface area contributed by atoms with Crippen molar-refractivity contribution in [3.63, 3.8) is 0 Å². The van der Waals surface area contributed by atoms with Crippen LogP contribution in [0.2, 0.25) is 0 Å². The lowest BCUT2D eigenvalue weighted by molar-refractivity contribution is 0.300. The highest BCUT2D eigenvalue weighted by atomic mass is 16.3. The van der Waals surface area contributed by atoms with E-state index < -0.39 is 0 Å². The van der Waals surface area contributed by atoms with E-state index in [-0.39, 0.29) is 16.6 Å². The van der Waals surface area contributed by atoms with Gasteiger partial charge in [0.05, 0.1) is 17.0 Å². The first-order valence-electron chi connectivity index (χ1n) is 14.4. The number of furan rings is 1. The standard InChI is InChI=1S/C37H31N3O2/c1-36(2)25-16-10-8-14-23(25)34-32(37(36,3)4)21-12-6-7-13-22(21)33(39-34)26-20-40(5)35(38-26)31-27(41)18-19-29-30(31)24-15-9-11-17-28(24)42-29/h6-20,41H,1-5H3. The van der Waals surface area contributed by atoms with Crippen LogP contribution < -0.4 is 0 Å². The second-order valence-electron chi connectivity index (χ2n) is 12.5. The van der Waals surface area contributed by atoms with Crippen LogP contribution in [0.3, 0.4) is 0 Å². The van der Waals surface area contributed by atoms with Gasteiger partial charge in [-0.1, -0.05) is 94.4 Å². The van der Waals surface area contributed by atoms with E-state index in [2.05, 4.69) is 76.2 Å². The quantitative estimate of drug-likeness (QED) is 0.234. The van der Waals surface area contributed by atoms with Gasteiger partial charge in [0.25, 0.3) is 0 Å². The molecule has 206 valence electrons. The number of aromatic hydroxyl groups is 1. The van der Waals surface area contributed by atoms with Gasteiger partial charge in [-0.2, -0.15) is 0 Å². The molecule has 4 aromatic carbocycles. The number of phenols is 1. The maximum absolute atomic E-state index is 11.2. The van der Waals surface area contributed by atoms with Crippen molar-refractivity contribution in [3.8, 4) is 39.8 Å². The zero-order chi connectivity index (χ0) is 29.0. The Labute approximate surface area is 244 Å². The third-order valence-corrected chi connectivity index (χ3v) is 9.82. The molecule has 0 spiro atoms. The van der Waals surface area contributed by atoms with Gasteiger partial charge in [0.15, 0.2) is 0 Å². The minimum Gasteiger partial charge on any atom is -0.507 e. The topological polar surface area (TPSA) is 64.1 Å². The van der Waals surface area contributed by atoms with Crippen LogP contribution in [-0.4, -0.2) is 19.6 Å². The minimum absolute atomic E-state index is 0.0930. The number of fused-ring (bicyclic) bond motifs is 8. The number of hydrogen-bond acceptors (Lipinski definition) is 4. The molecule has 7 aromatic rings. The first-order valence-corrected chi connectivity index (χ1v) is 14.4. The largest absolute Gasteiger partial charge is 0.507 e. The van der Waals surface area contributed by atoms with E-state index in [4.69, 9.17) is 14.4 Å². The van der Waals surface area contributed by atoms with Gasteiger partial charge in [0, 0.05) is 40.4 Å². The van der Waals surface area contributed by atoms with Gasteiger partial charge < -0.3 is 14.1 Å². The SMILES string of the molecule is Cn1cc(-c2nc3c(c4ccccc24)C(C)(C)C(C)(C)c2ccccc2-3)nc1-c1c(O)ccc2oc3ccccc3c12. The molecule has 0 saturated heterocycles. The molecular weight excluding hydrogens is 518 g/mol. The monoisotopic (exact) mass is 549 g/mol. The van der Waals surface area contributed by atoms with Crippen molar-refractivity contribution in [1.29, 1.82) is 0 Å². The van der Waals surface area contributed by atoms with Crippen molar-refractivity contribution in [1.82, 2.24) is 14.5 Å². The van der Waals surface area contributed by atoms with Gasteiger partial charge in [-0.25, -0.2) is 9.97 Å². The predicted octanol–water partition coefficient (Wildman–Crippen LogP) is 9.14. The summed E-state index contributed by atoms with van der Waals surface area (Å²) in [7, 11) is 1.97. The lowest BCUT2D eigenvalue weighted by atomic mass is 9.55. The van der Waals surface area contributed by atoms with E-state index in [1.165, 1.54) is 22.1 Å². The van der Waals surface area contributed by atoms with Crippen molar-refractivity contribution in [3.05, 3.63) is 102 Å². The lowest BCUT2D eigenvalue weighted by Crippen LogP contribution is -2.44. The van der Waals surface area contributed by atoms with Gasteiger partial charge in [-0.3, -0.25) is 0 Å². The third kappa shape index (κ3) is 3.14. The summed E-state index contributed by atoms with van der Waals surface area (Å²) in [6.07, 6.45) is 2.01. The van der Waals surface area contributed by atoms with Gasteiger partial charge in [-0.15, -0.1) is 0 Å². The number of rotatable bonds is 2. The Bertz CT molecular complexity index is 2230.